The van der Waals surface area contributed by atoms with Crippen molar-refractivity contribution in [2.75, 3.05) is 49.5 Å². The summed E-state index contributed by atoms with van der Waals surface area (Å²) in [6.07, 6.45) is 4.44. The molecule has 0 aliphatic carbocycles. The van der Waals surface area contributed by atoms with Gasteiger partial charge in [0, 0.05) is 81.4 Å². The molecule has 3 N–H and O–H groups in total. The number of carbonyl (C=O) groups excluding carboxylic acids is 4. The molecule has 2 aromatic heterocycles. The summed E-state index contributed by atoms with van der Waals surface area (Å²) in [6, 6.07) is 22.2. The van der Waals surface area contributed by atoms with Crippen LogP contribution >= 0.6 is 0 Å². The van der Waals surface area contributed by atoms with Crippen LogP contribution in [0.4, 0.5) is 11.4 Å². The van der Waals surface area contributed by atoms with Gasteiger partial charge in [-0.25, -0.2) is 9.97 Å². The molecule has 1 unspecified atom stereocenters. The number of hydrogen-bond acceptors (Lipinski definition) is 12. The highest BCUT2D eigenvalue weighted by Gasteiger charge is 2.39. The summed E-state index contributed by atoms with van der Waals surface area (Å²) in [5.74, 6) is 1.10. The molecule has 0 bridgehead atoms. The first kappa shape index (κ1) is 39.2. The van der Waals surface area contributed by atoms with Crippen LogP contribution < -0.4 is 25.6 Å². The number of piperidine rings is 1. The van der Waals surface area contributed by atoms with E-state index in [9.17, 15) is 19.2 Å². The molecule has 2 saturated heterocycles. The topological polar surface area (TPSA) is 180 Å². The minimum Gasteiger partial charge on any atom is -0.492 e. The normalized spacial score (nSPS) is 17.4. The number of imide groups is 1. The number of nitrogens with one attached hydrogen (secondary N) is 3. The van der Waals surface area contributed by atoms with Crippen LogP contribution in [0, 0.1) is 0 Å². The van der Waals surface area contributed by atoms with E-state index in [4.69, 9.17) is 4.74 Å². The summed E-state index contributed by atoms with van der Waals surface area (Å²) in [4.78, 5) is 65.2. The van der Waals surface area contributed by atoms with Crippen molar-refractivity contribution in [3.63, 3.8) is 0 Å². The fraction of sp³-hybridized carbons (Fsp3) is 0.349. The molecule has 0 spiro atoms. The predicted octanol–water partition coefficient (Wildman–Crippen LogP) is 3.73. The molecule has 3 aromatic carbocycles. The third kappa shape index (κ3) is 8.77. The van der Waals surface area contributed by atoms with Crippen molar-refractivity contribution < 1.29 is 23.9 Å². The van der Waals surface area contributed by atoms with Gasteiger partial charge in [0.15, 0.2) is 11.6 Å². The third-order valence-electron chi connectivity index (χ3n) is 11.2. The quantitative estimate of drug-likeness (QED) is 0.139. The van der Waals surface area contributed by atoms with Crippen molar-refractivity contribution in [3.05, 3.63) is 113 Å². The van der Waals surface area contributed by atoms with Crippen molar-refractivity contribution in [2.24, 2.45) is 7.05 Å². The second-order valence-electron chi connectivity index (χ2n) is 15.0. The molecular formula is C43H47N11O5. The number of nitrogens with zero attached hydrogens (tertiary/aromatic N) is 8. The molecule has 3 aliphatic heterocycles. The number of aromatic nitrogens is 5. The van der Waals surface area contributed by atoms with Crippen LogP contribution in [0.25, 0.3) is 11.5 Å². The molecule has 5 heterocycles. The Labute approximate surface area is 342 Å². The average Bonchev–Trinajstić information content (AvgIpc) is 3.80. The van der Waals surface area contributed by atoms with Gasteiger partial charge in [0.1, 0.15) is 30.4 Å². The Kier molecular flexibility index (Phi) is 11.6. The third-order valence-corrected chi connectivity index (χ3v) is 11.2. The van der Waals surface area contributed by atoms with Crippen LogP contribution in [-0.4, -0.2) is 104 Å². The average molecular weight is 798 g/mol. The molecule has 2 atom stereocenters. The number of benzene rings is 3. The van der Waals surface area contributed by atoms with Crippen molar-refractivity contribution >= 4 is 35.0 Å². The van der Waals surface area contributed by atoms with E-state index >= 15 is 0 Å². The molecule has 59 heavy (non-hydrogen) atoms. The van der Waals surface area contributed by atoms with Gasteiger partial charge in [-0.3, -0.25) is 29.4 Å². The lowest BCUT2D eigenvalue weighted by atomic mass is 10.0. The molecule has 4 amide bonds. The zero-order chi connectivity index (χ0) is 40.9. The maximum atomic E-state index is 13.5. The molecule has 16 nitrogen and oxygen atoms in total. The summed E-state index contributed by atoms with van der Waals surface area (Å²) >= 11 is 0. The zero-order valence-corrected chi connectivity index (χ0v) is 33.1. The summed E-state index contributed by atoms with van der Waals surface area (Å²) < 4.78 is 8.09. The molecule has 8 rings (SSSR count). The highest BCUT2D eigenvalue weighted by molar-refractivity contribution is 6.05. The van der Waals surface area contributed by atoms with E-state index in [1.165, 1.54) is 6.33 Å². The van der Waals surface area contributed by atoms with Crippen LogP contribution in [0.15, 0.2) is 85.3 Å². The monoisotopic (exact) mass is 797 g/mol. The fourth-order valence-corrected chi connectivity index (χ4v) is 7.88. The van der Waals surface area contributed by atoms with Gasteiger partial charge in [0.25, 0.3) is 11.8 Å². The van der Waals surface area contributed by atoms with E-state index in [1.54, 1.807) is 23.2 Å². The lowest BCUT2D eigenvalue weighted by molar-refractivity contribution is -0.136. The standard InChI is InChI=1S/C43H47N11O5/c1-3-35(47-41(56)29-7-4-8-31(22-29)45-25-38-49-50-40(51(38)2)36-14-15-44-27-46-36)28-6-5-9-33(24-28)59-21-20-52-16-18-53(19-17-52)32-10-11-34-30(23-32)26-54(43(34)58)37-12-13-39(55)48-42(37)57/h4-11,14-15,22-24,27,35,37,45H,3,12-13,16-21,25-26H2,1-2H3,(H,47,56)(H,48,55,57)/t35-,37?/m1/s1. The van der Waals surface area contributed by atoms with Crippen molar-refractivity contribution in [1.29, 1.82) is 0 Å². The summed E-state index contributed by atoms with van der Waals surface area (Å²) in [7, 11) is 1.89. The van der Waals surface area contributed by atoms with Crippen LogP contribution in [0.2, 0.25) is 0 Å². The molecule has 0 saturated carbocycles. The van der Waals surface area contributed by atoms with Crippen LogP contribution in [-0.2, 0) is 29.7 Å². The van der Waals surface area contributed by atoms with E-state index in [-0.39, 0.29) is 30.2 Å². The summed E-state index contributed by atoms with van der Waals surface area (Å²) in [6.45, 7) is 7.54. The Morgan fingerprint density at radius 2 is 1.83 bits per heavy atom. The number of hydrogen-bond donors (Lipinski definition) is 3. The first-order valence-electron chi connectivity index (χ1n) is 20.0. The van der Waals surface area contributed by atoms with Crippen LogP contribution in [0.5, 0.6) is 5.75 Å². The number of carbonyl (C=O) groups is 4. The first-order chi connectivity index (χ1) is 28.7. The number of ether oxygens (including phenoxy) is 1. The second kappa shape index (κ2) is 17.4. The Hall–Kier alpha value is -6.68. The smallest absolute Gasteiger partial charge is 0.255 e. The van der Waals surface area contributed by atoms with Gasteiger partial charge in [-0.1, -0.05) is 25.1 Å². The van der Waals surface area contributed by atoms with Crippen molar-refractivity contribution in [2.45, 2.75) is 51.4 Å². The number of piperazine rings is 1. The lowest BCUT2D eigenvalue weighted by Gasteiger charge is -2.36. The van der Waals surface area contributed by atoms with Crippen molar-refractivity contribution in [3.8, 4) is 17.3 Å². The molecule has 0 radical (unpaired) electrons. The van der Waals surface area contributed by atoms with E-state index in [0.29, 0.717) is 55.2 Å². The predicted molar refractivity (Wildman–Crippen MR) is 219 cm³/mol. The fourth-order valence-electron chi connectivity index (χ4n) is 7.88. The van der Waals surface area contributed by atoms with Crippen molar-refractivity contribution in [1.82, 2.24) is 45.2 Å². The minimum absolute atomic E-state index is 0.160. The van der Waals surface area contributed by atoms with Gasteiger partial charge >= 0.3 is 0 Å². The maximum Gasteiger partial charge on any atom is 0.255 e. The van der Waals surface area contributed by atoms with Gasteiger partial charge in [0.05, 0.1) is 12.6 Å². The molecule has 3 aliphatic rings. The van der Waals surface area contributed by atoms with Gasteiger partial charge in [-0.2, -0.15) is 0 Å². The number of fused-ring (bicyclic) bond motifs is 1. The number of amides is 4. The number of rotatable bonds is 14. The summed E-state index contributed by atoms with van der Waals surface area (Å²) in [5.41, 5.74) is 5.58. The molecular weight excluding hydrogens is 751 g/mol. The number of anilines is 2. The van der Waals surface area contributed by atoms with E-state index in [1.807, 2.05) is 73.1 Å². The Bertz CT molecular complexity index is 2340. The molecule has 2 fully saturated rings. The van der Waals surface area contributed by atoms with Crippen LogP contribution in [0.3, 0.4) is 0 Å². The van der Waals surface area contributed by atoms with Gasteiger partial charge < -0.3 is 29.7 Å². The van der Waals surface area contributed by atoms with Gasteiger partial charge in [-0.05, 0) is 78.6 Å². The molecule has 304 valence electrons. The minimum atomic E-state index is -0.620. The van der Waals surface area contributed by atoms with Crippen LogP contribution in [0.1, 0.15) is 69.9 Å². The highest BCUT2D eigenvalue weighted by Crippen LogP contribution is 2.31. The molecule has 5 aromatic rings. The zero-order valence-electron chi connectivity index (χ0n) is 33.1. The lowest BCUT2D eigenvalue weighted by Crippen LogP contribution is -2.52. The maximum absolute atomic E-state index is 13.5. The van der Waals surface area contributed by atoms with E-state index in [2.05, 4.69) is 52.0 Å². The Balaban J connectivity index is 0.795. The highest BCUT2D eigenvalue weighted by atomic mass is 16.5. The van der Waals surface area contributed by atoms with Gasteiger partial charge in [0.2, 0.25) is 11.8 Å². The second-order valence-corrected chi connectivity index (χ2v) is 15.0. The summed E-state index contributed by atoms with van der Waals surface area (Å²) in [5, 5.41) is 17.5. The van der Waals surface area contributed by atoms with E-state index in [0.717, 1.165) is 66.8 Å². The largest absolute Gasteiger partial charge is 0.492 e. The molecule has 16 heteroatoms. The Morgan fingerprint density at radius 3 is 2.63 bits per heavy atom. The van der Waals surface area contributed by atoms with E-state index < -0.39 is 11.9 Å². The SMILES string of the molecule is CC[C@@H](NC(=O)c1cccc(NCc2nnc(-c3ccncn3)n2C)c1)c1cccc(OCCN2CCN(c3ccc4c(c3)CN(C3CCC(=O)NC3=O)C4=O)CC2)c1. The Morgan fingerprint density at radius 1 is 0.983 bits per heavy atom. The van der Waals surface area contributed by atoms with Gasteiger partial charge in [-0.15, -0.1) is 10.2 Å². The first-order valence-corrected chi connectivity index (χ1v) is 20.0.